The minimum absolute atomic E-state index is 0.0309. The first-order valence-corrected chi connectivity index (χ1v) is 6.93. The molecule has 1 N–H and O–H groups in total. The quantitative estimate of drug-likeness (QED) is 0.897. The van der Waals surface area contributed by atoms with E-state index in [2.05, 4.69) is 21.2 Å². The molecule has 1 saturated carbocycles. The third-order valence-electron chi connectivity index (χ3n) is 3.22. The van der Waals surface area contributed by atoms with Gasteiger partial charge in [-0.25, -0.2) is 8.78 Å². The Morgan fingerprint density at radius 3 is 2.74 bits per heavy atom. The SMILES string of the molecule is CCNC1CC(Oc2c(F)cc(F)cc2Br)C1OC. The highest BCUT2D eigenvalue weighted by Gasteiger charge is 2.43. The molecule has 0 amide bonds. The van der Waals surface area contributed by atoms with Crippen molar-refractivity contribution in [3.63, 3.8) is 0 Å². The molecule has 19 heavy (non-hydrogen) atoms. The maximum atomic E-state index is 13.7. The molecule has 6 heteroatoms. The zero-order chi connectivity index (χ0) is 14.0. The molecule has 1 aromatic carbocycles. The number of methoxy groups -OCH3 is 1. The van der Waals surface area contributed by atoms with Crippen molar-refractivity contribution in [2.45, 2.75) is 31.6 Å². The molecule has 106 valence electrons. The lowest BCUT2D eigenvalue weighted by atomic mass is 9.85. The number of hydrogen-bond acceptors (Lipinski definition) is 3. The van der Waals surface area contributed by atoms with Crippen molar-refractivity contribution >= 4 is 15.9 Å². The standard InChI is InChI=1S/C13H16BrF2NO2/c1-3-17-10-6-11(13(10)18-2)19-12-8(14)4-7(15)5-9(12)16/h4-5,10-11,13,17H,3,6H2,1-2H3. The van der Waals surface area contributed by atoms with Crippen LogP contribution in [0.5, 0.6) is 5.75 Å². The van der Waals surface area contributed by atoms with E-state index in [0.29, 0.717) is 0 Å². The topological polar surface area (TPSA) is 30.5 Å². The van der Waals surface area contributed by atoms with Gasteiger partial charge in [0.25, 0.3) is 0 Å². The van der Waals surface area contributed by atoms with Gasteiger partial charge < -0.3 is 14.8 Å². The highest BCUT2D eigenvalue weighted by molar-refractivity contribution is 9.10. The zero-order valence-corrected chi connectivity index (χ0v) is 12.3. The first-order valence-electron chi connectivity index (χ1n) is 6.14. The van der Waals surface area contributed by atoms with Gasteiger partial charge in [-0.3, -0.25) is 0 Å². The summed E-state index contributed by atoms with van der Waals surface area (Å²) in [5.74, 6) is -1.32. The normalized spacial score (nSPS) is 26.1. The van der Waals surface area contributed by atoms with Crippen molar-refractivity contribution in [1.82, 2.24) is 5.32 Å². The molecule has 3 unspecified atom stereocenters. The molecule has 1 fully saturated rings. The van der Waals surface area contributed by atoms with Crippen LogP contribution in [0.4, 0.5) is 8.78 Å². The van der Waals surface area contributed by atoms with Gasteiger partial charge in [-0.1, -0.05) is 6.92 Å². The van der Waals surface area contributed by atoms with Gasteiger partial charge in [-0.05, 0) is 28.5 Å². The van der Waals surface area contributed by atoms with Crippen molar-refractivity contribution in [1.29, 1.82) is 0 Å². The van der Waals surface area contributed by atoms with Crippen molar-refractivity contribution < 1.29 is 18.3 Å². The van der Waals surface area contributed by atoms with Gasteiger partial charge in [-0.15, -0.1) is 0 Å². The smallest absolute Gasteiger partial charge is 0.169 e. The van der Waals surface area contributed by atoms with E-state index >= 15 is 0 Å². The average Bonchev–Trinajstić information content (AvgIpc) is 2.31. The van der Waals surface area contributed by atoms with Crippen LogP contribution in [0.25, 0.3) is 0 Å². The number of benzene rings is 1. The molecule has 0 saturated heterocycles. The van der Waals surface area contributed by atoms with Gasteiger partial charge in [0.05, 0.1) is 4.47 Å². The van der Waals surface area contributed by atoms with Crippen molar-refractivity contribution in [2.24, 2.45) is 0 Å². The van der Waals surface area contributed by atoms with Gasteiger partial charge in [0, 0.05) is 25.6 Å². The van der Waals surface area contributed by atoms with E-state index in [0.717, 1.165) is 19.0 Å². The summed E-state index contributed by atoms with van der Waals surface area (Å²) in [7, 11) is 1.60. The van der Waals surface area contributed by atoms with E-state index in [4.69, 9.17) is 9.47 Å². The molecule has 2 rings (SSSR count). The second-order valence-corrected chi connectivity index (χ2v) is 5.31. The van der Waals surface area contributed by atoms with Crippen LogP contribution in [0.15, 0.2) is 16.6 Å². The molecule has 0 radical (unpaired) electrons. The summed E-state index contributed by atoms with van der Waals surface area (Å²) >= 11 is 3.11. The maximum absolute atomic E-state index is 13.7. The van der Waals surface area contributed by atoms with E-state index in [1.807, 2.05) is 6.92 Å². The molecule has 0 spiro atoms. The van der Waals surface area contributed by atoms with E-state index in [1.165, 1.54) is 6.07 Å². The molecule has 0 aliphatic heterocycles. The lowest BCUT2D eigenvalue weighted by molar-refractivity contribution is -0.0897. The average molecular weight is 336 g/mol. The Morgan fingerprint density at radius 1 is 1.42 bits per heavy atom. The Hall–Kier alpha value is -0.720. The molecule has 0 heterocycles. The lowest BCUT2D eigenvalue weighted by Gasteiger charge is -2.43. The molecule has 1 aromatic rings. The van der Waals surface area contributed by atoms with E-state index in [1.54, 1.807) is 7.11 Å². The molecule has 3 nitrogen and oxygen atoms in total. The predicted molar refractivity (Wildman–Crippen MR) is 71.4 cm³/mol. The minimum atomic E-state index is -0.714. The predicted octanol–water partition coefficient (Wildman–Crippen LogP) is 2.87. The fourth-order valence-corrected chi connectivity index (χ4v) is 2.77. The highest BCUT2D eigenvalue weighted by atomic mass is 79.9. The summed E-state index contributed by atoms with van der Waals surface area (Å²) in [5, 5.41) is 3.27. The summed E-state index contributed by atoms with van der Waals surface area (Å²) in [4.78, 5) is 0. The van der Waals surface area contributed by atoms with Crippen LogP contribution < -0.4 is 10.1 Å². The summed E-state index contributed by atoms with van der Waals surface area (Å²) in [6, 6.07) is 2.20. The Labute approximate surface area is 119 Å². The van der Waals surface area contributed by atoms with Crippen molar-refractivity contribution in [3.05, 3.63) is 28.2 Å². The van der Waals surface area contributed by atoms with E-state index < -0.39 is 11.6 Å². The second kappa shape index (κ2) is 6.15. The molecular formula is C13H16BrF2NO2. The molecule has 0 bridgehead atoms. The molecule has 3 atom stereocenters. The summed E-state index contributed by atoms with van der Waals surface area (Å²) < 4.78 is 37.8. The number of ether oxygens (including phenoxy) is 2. The van der Waals surface area contributed by atoms with Crippen LogP contribution in [-0.4, -0.2) is 31.9 Å². The Bertz CT molecular complexity index is 435. The molecule has 1 aliphatic carbocycles. The summed E-state index contributed by atoms with van der Waals surface area (Å²) in [6.07, 6.45) is 0.372. The number of hydrogen-bond donors (Lipinski definition) is 1. The zero-order valence-electron chi connectivity index (χ0n) is 10.8. The van der Waals surface area contributed by atoms with Crippen LogP contribution in [0.2, 0.25) is 0 Å². The third kappa shape index (κ3) is 3.07. The van der Waals surface area contributed by atoms with Gasteiger partial charge >= 0.3 is 0 Å². The van der Waals surface area contributed by atoms with Crippen molar-refractivity contribution in [2.75, 3.05) is 13.7 Å². The molecule has 0 aromatic heterocycles. The number of halogens is 3. The largest absolute Gasteiger partial charge is 0.483 e. The maximum Gasteiger partial charge on any atom is 0.169 e. The number of likely N-dealkylation sites (N-methyl/N-ethyl adjacent to an activating group) is 1. The third-order valence-corrected chi connectivity index (χ3v) is 3.81. The van der Waals surface area contributed by atoms with Crippen molar-refractivity contribution in [3.8, 4) is 5.75 Å². The Morgan fingerprint density at radius 2 is 2.16 bits per heavy atom. The first-order chi connectivity index (χ1) is 9.06. The number of nitrogens with one attached hydrogen (secondary N) is 1. The fraction of sp³-hybridized carbons (Fsp3) is 0.538. The fourth-order valence-electron chi connectivity index (χ4n) is 2.27. The second-order valence-electron chi connectivity index (χ2n) is 4.46. The van der Waals surface area contributed by atoms with Gasteiger partial charge in [0.2, 0.25) is 0 Å². The molecule has 1 aliphatic rings. The lowest BCUT2D eigenvalue weighted by Crippen LogP contribution is -2.61. The van der Waals surface area contributed by atoms with Gasteiger partial charge in [0.15, 0.2) is 11.6 Å². The van der Waals surface area contributed by atoms with Crippen LogP contribution in [0.3, 0.4) is 0 Å². The van der Waals surface area contributed by atoms with Crippen LogP contribution >= 0.6 is 15.9 Å². The van der Waals surface area contributed by atoms with Crippen LogP contribution in [-0.2, 0) is 4.74 Å². The van der Waals surface area contributed by atoms with Gasteiger partial charge in [-0.2, -0.15) is 0 Å². The van der Waals surface area contributed by atoms with Crippen LogP contribution in [0, 0.1) is 11.6 Å². The van der Waals surface area contributed by atoms with Gasteiger partial charge in [0.1, 0.15) is 18.0 Å². The monoisotopic (exact) mass is 335 g/mol. The highest BCUT2D eigenvalue weighted by Crippen LogP contribution is 2.35. The minimum Gasteiger partial charge on any atom is -0.483 e. The summed E-state index contributed by atoms with van der Waals surface area (Å²) in [5.41, 5.74) is 0. The van der Waals surface area contributed by atoms with E-state index in [-0.39, 0.29) is 28.5 Å². The Kier molecular flexibility index (Phi) is 4.76. The Balaban J connectivity index is 2.07. The van der Waals surface area contributed by atoms with E-state index in [9.17, 15) is 8.78 Å². The number of rotatable bonds is 5. The van der Waals surface area contributed by atoms with Crippen LogP contribution in [0.1, 0.15) is 13.3 Å². The first kappa shape index (κ1) is 14.7. The summed E-state index contributed by atoms with van der Waals surface area (Å²) in [6.45, 7) is 2.85. The molecular weight excluding hydrogens is 320 g/mol.